The molecule has 218 valence electrons. The van der Waals surface area contributed by atoms with Crippen molar-refractivity contribution in [1.29, 1.82) is 0 Å². The van der Waals surface area contributed by atoms with E-state index in [4.69, 9.17) is 4.74 Å². The van der Waals surface area contributed by atoms with Crippen LogP contribution >= 0.6 is 0 Å². The van der Waals surface area contributed by atoms with E-state index in [1.165, 1.54) is 17.0 Å². The second-order valence-electron chi connectivity index (χ2n) is 10.1. The molecule has 0 fully saturated rings. The Labute approximate surface area is 251 Å². The Hall–Kier alpha value is -4.95. The van der Waals surface area contributed by atoms with Crippen LogP contribution in [-0.4, -0.2) is 33.9 Å². The topological polar surface area (TPSA) is 92.8 Å². The number of para-hydroxylation sites is 1. The molecule has 7 nitrogen and oxygen atoms in total. The van der Waals surface area contributed by atoms with Gasteiger partial charge < -0.3 is 9.64 Å². The number of rotatable bonds is 10. The first-order valence-electron chi connectivity index (χ1n) is 13.9. The van der Waals surface area contributed by atoms with Crippen molar-refractivity contribution in [3.05, 3.63) is 127 Å². The quantitative estimate of drug-likeness (QED) is 0.194. The van der Waals surface area contributed by atoms with Crippen LogP contribution in [0.1, 0.15) is 12.5 Å². The van der Waals surface area contributed by atoms with Crippen molar-refractivity contribution in [3.63, 3.8) is 0 Å². The number of benzene rings is 5. The zero-order valence-corrected chi connectivity index (χ0v) is 24.8. The van der Waals surface area contributed by atoms with Crippen molar-refractivity contribution in [2.75, 3.05) is 18.6 Å². The normalized spacial score (nSPS) is 12.0. The third kappa shape index (κ3) is 6.76. The largest absolute Gasteiger partial charge is 0.497 e. The summed E-state index contributed by atoms with van der Waals surface area (Å²) in [4.78, 5) is 29.1. The molecule has 5 aromatic carbocycles. The van der Waals surface area contributed by atoms with Crippen LogP contribution in [-0.2, 0) is 26.0 Å². The molecule has 8 heteroatoms. The van der Waals surface area contributed by atoms with Crippen molar-refractivity contribution in [1.82, 2.24) is 4.72 Å². The van der Waals surface area contributed by atoms with Crippen LogP contribution in [0.5, 0.6) is 5.75 Å². The summed E-state index contributed by atoms with van der Waals surface area (Å²) in [5.74, 6) is -1.90. The zero-order valence-electron chi connectivity index (χ0n) is 23.9. The Morgan fingerprint density at radius 3 is 2.00 bits per heavy atom. The molecule has 2 amide bonds. The van der Waals surface area contributed by atoms with E-state index in [0.717, 1.165) is 33.2 Å². The lowest BCUT2D eigenvalue weighted by molar-refractivity contribution is -0.132. The Kier molecular flexibility index (Phi) is 8.87. The summed E-state index contributed by atoms with van der Waals surface area (Å²) in [5.41, 5.74) is 3.29. The van der Waals surface area contributed by atoms with Gasteiger partial charge in [-0.15, -0.1) is 0 Å². The van der Waals surface area contributed by atoms with Crippen LogP contribution in [0.2, 0.25) is 0 Å². The zero-order chi connectivity index (χ0) is 30.4. The molecular weight excluding hydrogens is 560 g/mol. The number of nitrogens with one attached hydrogen (secondary N) is 1. The fourth-order valence-electron chi connectivity index (χ4n) is 5.00. The lowest BCUT2D eigenvalue weighted by Gasteiger charge is -2.26. The SMILES string of the molecule is CCN(C(=O)C(Cc1ccc(-c2ccc(OC)cc2)cc1)C(=O)NS(=O)(=O)c1ccc2ccccc2c1)c1ccccc1. The molecule has 0 bridgehead atoms. The van der Waals surface area contributed by atoms with Crippen LogP contribution < -0.4 is 14.4 Å². The number of amides is 2. The summed E-state index contributed by atoms with van der Waals surface area (Å²) >= 11 is 0. The van der Waals surface area contributed by atoms with E-state index in [1.54, 1.807) is 31.4 Å². The highest BCUT2D eigenvalue weighted by Crippen LogP contribution is 2.25. The first kappa shape index (κ1) is 29.5. The minimum atomic E-state index is -4.25. The summed E-state index contributed by atoms with van der Waals surface area (Å²) < 4.78 is 34.1. The van der Waals surface area contributed by atoms with Crippen molar-refractivity contribution in [3.8, 4) is 16.9 Å². The van der Waals surface area contributed by atoms with E-state index in [2.05, 4.69) is 4.72 Å². The highest BCUT2D eigenvalue weighted by atomic mass is 32.2. The monoisotopic (exact) mass is 592 g/mol. The van der Waals surface area contributed by atoms with Crippen molar-refractivity contribution in [2.45, 2.75) is 18.2 Å². The number of carbonyl (C=O) groups excluding carboxylic acids is 2. The van der Waals surface area contributed by atoms with Gasteiger partial charge >= 0.3 is 0 Å². The van der Waals surface area contributed by atoms with E-state index in [9.17, 15) is 18.0 Å². The van der Waals surface area contributed by atoms with Crippen LogP contribution in [0, 0.1) is 5.92 Å². The summed E-state index contributed by atoms with van der Waals surface area (Å²) in [7, 11) is -2.63. The van der Waals surface area contributed by atoms with Gasteiger partial charge in [-0.25, -0.2) is 13.1 Å². The number of carbonyl (C=O) groups is 2. The molecule has 0 aliphatic carbocycles. The van der Waals surface area contributed by atoms with E-state index in [0.29, 0.717) is 12.2 Å². The third-order valence-corrected chi connectivity index (χ3v) is 8.69. The summed E-state index contributed by atoms with van der Waals surface area (Å²) in [6.07, 6.45) is 0.0180. The summed E-state index contributed by atoms with van der Waals surface area (Å²) in [6.45, 7) is 2.12. The summed E-state index contributed by atoms with van der Waals surface area (Å²) in [5, 5.41) is 1.60. The molecule has 0 saturated carbocycles. The minimum Gasteiger partial charge on any atom is -0.497 e. The highest BCUT2D eigenvalue weighted by molar-refractivity contribution is 7.90. The van der Waals surface area contributed by atoms with Crippen molar-refractivity contribution in [2.24, 2.45) is 5.92 Å². The van der Waals surface area contributed by atoms with E-state index in [1.807, 2.05) is 91.9 Å². The van der Waals surface area contributed by atoms with Gasteiger partial charge in [0.25, 0.3) is 10.0 Å². The second-order valence-corrected chi connectivity index (χ2v) is 11.8. The lowest BCUT2D eigenvalue weighted by atomic mass is 9.95. The maximum atomic E-state index is 13.9. The van der Waals surface area contributed by atoms with E-state index in [-0.39, 0.29) is 11.3 Å². The van der Waals surface area contributed by atoms with Gasteiger partial charge in [-0.3, -0.25) is 9.59 Å². The predicted octanol–water partition coefficient (Wildman–Crippen LogP) is 6.23. The van der Waals surface area contributed by atoms with Gasteiger partial charge in [-0.1, -0.05) is 84.9 Å². The third-order valence-electron chi connectivity index (χ3n) is 7.35. The Bertz CT molecular complexity index is 1840. The van der Waals surface area contributed by atoms with Crippen LogP contribution in [0.3, 0.4) is 0 Å². The Balaban J connectivity index is 1.44. The maximum Gasteiger partial charge on any atom is 0.264 e. The molecule has 0 aromatic heterocycles. The Morgan fingerprint density at radius 2 is 1.37 bits per heavy atom. The van der Waals surface area contributed by atoms with Crippen LogP contribution in [0.4, 0.5) is 5.69 Å². The molecule has 0 heterocycles. The standard InChI is InChI=1S/C35H32N2O5S/c1-3-37(30-11-5-4-6-12-30)35(39)33(23-25-13-15-27(16-14-25)28-17-20-31(42-2)21-18-28)34(38)36-43(40,41)32-22-19-26-9-7-8-10-29(26)24-32/h4-22,24,33H,3,23H2,1-2H3,(H,36,38). The van der Waals surface area contributed by atoms with Gasteiger partial charge in [0.15, 0.2) is 0 Å². The molecule has 5 rings (SSSR count). The molecule has 0 radical (unpaired) electrons. The molecule has 5 aromatic rings. The van der Waals surface area contributed by atoms with Gasteiger partial charge in [-0.05, 0) is 77.2 Å². The molecule has 0 saturated heterocycles. The van der Waals surface area contributed by atoms with Crippen molar-refractivity contribution >= 4 is 38.3 Å². The number of hydrogen-bond acceptors (Lipinski definition) is 5. The number of anilines is 1. The number of ether oxygens (including phenoxy) is 1. The smallest absolute Gasteiger partial charge is 0.264 e. The van der Waals surface area contributed by atoms with Gasteiger partial charge in [0.05, 0.1) is 12.0 Å². The minimum absolute atomic E-state index is 0.0180. The highest BCUT2D eigenvalue weighted by Gasteiger charge is 2.34. The van der Waals surface area contributed by atoms with Crippen LogP contribution in [0.15, 0.2) is 126 Å². The molecule has 0 aliphatic heterocycles. The lowest BCUT2D eigenvalue weighted by Crippen LogP contribution is -2.46. The molecule has 1 unspecified atom stereocenters. The van der Waals surface area contributed by atoms with Gasteiger partial charge in [0.2, 0.25) is 11.8 Å². The number of nitrogens with zero attached hydrogens (tertiary/aromatic N) is 1. The van der Waals surface area contributed by atoms with Crippen molar-refractivity contribution < 1.29 is 22.7 Å². The Morgan fingerprint density at radius 1 is 0.767 bits per heavy atom. The first-order chi connectivity index (χ1) is 20.8. The van der Waals surface area contributed by atoms with Gasteiger partial charge in [0.1, 0.15) is 11.7 Å². The second kappa shape index (κ2) is 12.9. The fourth-order valence-corrected chi connectivity index (χ4v) is 6.06. The predicted molar refractivity (Wildman–Crippen MR) is 169 cm³/mol. The molecule has 1 atom stereocenters. The summed E-state index contributed by atoms with van der Waals surface area (Å²) in [6, 6.07) is 36.2. The fraction of sp³-hybridized carbons (Fsp3) is 0.143. The van der Waals surface area contributed by atoms with Gasteiger partial charge in [0, 0.05) is 12.2 Å². The molecule has 0 aliphatic rings. The molecular formula is C35H32N2O5S. The molecule has 43 heavy (non-hydrogen) atoms. The van der Waals surface area contributed by atoms with E-state index >= 15 is 0 Å². The maximum absolute atomic E-state index is 13.9. The first-order valence-corrected chi connectivity index (χ1v) is 15.4. The average molecular weight is 593 g/mol. The molecule has 1 N–H and O–H groups in total. The van der Waals surface area contributed by atoms with Gasteiger partial charge in [-0.2, -0.15) is 0 Å². The number of sulfonamides is 1. The molecule has 0 spiro atoms. The van der Waals surface area contributed by atoms with Crippen LogP contribution in [0.25, 0.3) is 21.9 Å². The number of hydrogen-bond donors (Lipinski definition) is 1. The number of fused-ring (bicyclic) bond motifs is 1. The van der Waals surface area contributed by atoms with E-state index < -0.39 is 27.8 Å². The number of methoxy groups -OCH3 is 1. The average Bonchev–Trinajstić information content (AvgIpc) is 3.04.